The summed E-state index contributed by atoms with van der Waals surface area (Å²) in [6.45, 7) is 3.69. The maximum atomic E-state index is 12.8. The van der Waals surface area contributed by atoms with Gasteiger partial charge >= 0.3 is 0 Å². The van der Waals surface area contributed by atoms with Crippen molar-refractivity contribution in [3.8, 4) is 45.3 Å². The molecule has 4 aliphatic rings. The van der Waals surface area contributed by atoms with Crippen LogP contribution in [0.15, 0.2) is 146 Å². The SMILES string of the molecule is CP(C)(=O)c1ccc(-c2cccc(C3(c4ccc(-c5nc(-c6ccccc6)nc(-c6ccc7ccccc7c6)n5)cc4)C4CC5CC(C4)CC3C5)c2)cc1. The Morgan fingerprint density at radius 2 is 1.00 bits per heavy atom. The summed E-state index contributed by atoms with van der Waals surface area (Å²) in [6.07, 6.45) is 6.63. The summed E-state index contributed by atoms with van der Waals surface area (Å²) < 4.78 is 12.8. The average Bonchev–Trinajstić information content (AvgIpc) is 3.21. The van der Waals surface area contributed by atoms with Crippen LogP contribution in [0.5, 0.6) is 0 Å². The molecule has 0 N–H and O–H groups in total. The number of fused-ring (bicyclic) bond motifs is 1. The van der Waals surface area contributed by atoms with Gasteiger partial charge in [0.25, 0.3) is 0 Å². The second-order valence-electron chi connectivity index (χ2n) is 16.5. The van der Waals surface area contributed by atoms with Crippen molar-refractivity contribution in [3.05, 3.63) is 157 Å². The minimum Gasteiger partial charge on any atom is -0.319 e. The highest BCUT2D eigenvalue weighted by atomic mass is 31.2. The lowest BCUT2D eigenvalue weighted by Crippen LogP contribution is -2.56. The summed E-state index contributed by atoms with van der Waals surface area (Å²) in [7, 11) is -2.31. The van der Waals surface area contributed by atoms with Gasteiger partial charge in [0.15, 0.2) is 17.5 Å². The molecule has 7 aromatic rings. The number of benzene rings is 6. The minimum atomic E-state index is -2.31. The molecule has 0 aliphatic heterocycles. The molecule has 4 bridgehead atoms. The lowest BCUT2D eigenvalue weighted by Gasteiger charge is -2.62. The van der Waals surface area contributed by atoms with E-state index in [-0.39, 0.29) is 5.41 Å². The fourth-order valence-electron chi connectivity index (χ4n) is 10.6. The molecule has 4 aliphatic carbocycles. The normalized spacial score (nSPS) is 23.1. The van der Waals surface area contributed by atoms with Gasteiger partial charge in [-0.1, -0.05) is 140 Å². The minimum absolute atomic E-state index is 0.0466. The van der Waals surface area contributed by atoms with Gasteiger partial charge in [0, 0.05) is 27.4 Å². The van der Waals surface area contributed by atoms with Crippen LogP contribution in [0.2, 0.25) is 0 Å². The molecule has 11 rings (SSSR count). The number of nitrogens with zero attached hydrogens (tertiary/aromatic N) is 3. The Bertz CT molecular complexity index is 2530. The van der Waals surface area contributed by atoms with E-state index in [0.717, 1.165) is 39.2 Å². The van der Waals surface area contributed by atoms with Crippen LogP contribution in [0.4, 0.5) is 0 Å². The largest absolute Gasteiger partial charge is 0.319 e. The molecule has 1 aromatic heterocycles. The molecular formula is C49H44N3OP. The average molecular weight is 722 g/mol. The van der Waals surface area contributed by atoms with E-state index in [4.69, 9.17) is 15.0 Å². The van der Waals surface area contributed by atoms with E-state index in [1.54, 1.807) is 0 Å². The highest BCUT2D eigenvalue weighted by molar-refractivity contribution is 7.70. The first kappa shape index (κ1) is 33.4. The summed E-state index contributed by atoms with van der Waals surface area (Å²) in [5, 5.41) is 3.29. The molecule has 266 valence electrons. The topological polar surface area (TPSA) is 55.7 Å². The second kappa shape index (κ2) is 13.0. The number of hydrogen-bond acceptors (Lipinski definition) is 4. The quantitative estimate of drug-likeness (QED) is 0.154. The van der Waals surface area contributed by atoms with Crippen molar-refractivity contribution in [2.24, 2.45) is 23.7 Å². The first-order valence-electron chi connectivity index (χ1n) is 19.5. The summed E-state index contributed by atoms with van der Waals surface area (Å²) in [5.41, 5.74) is 8.16. The summed E-state index contributed by atoms with van der Waals surface area (Å²) >= 11 is 0. The van der Waals surface area contributed by atoms with Crippen molar-refractivity contribution in [3.63, 3.8) is 0 Å². The Kier molecular flexibility index (Phi) is 8.04. The monoisotopic (exact) mass is 721 g/mol. The molecule has 0 unspecified atom stereocenters. The third-order valence-electron chi connectivity index (χ3n) is 12.9. The van der Waals surface area contributed by atoms with Crippen LogP contribution in [0.1, 0.15) is 43.2 Å². The lowest BCUT2D eigenvalue weighted by atomic mass is 9.42. The van der Waals surface area contributed by atoms with Crippen molar-refractivity contribution in [2.45, 2.75) is 37.5 Å². The van der Waals surface area contributed by atoms with Crippen LogP contribution < -0.4 is 5.30 Å². The van der Waals surface area contributed by atoms with Crippen LogP contribution >= 0.6 is 7.14 Å². The van der Waals surface area contributed by atoms with E-state index in [0.29, 0.717) is 29.3 Å². The van der Waals surface area contributed by atoms with E-state index in [2.05, 4.69) is 127 Å². The molecule has 54 heavy (non-hydrogen) atoms. The van der Waals surface area contributed by atoms with E-state index in [1.165, 1.54) is 59.7 Å². The van der Waals surface area contributed by atoms with Gasteiger partial charge < -0.3 is 4.57 Å². The van der Waals surface area contributed by atoms with Crippen LogP contribution in [0.3, 0.4) is 0 Å². The maximum Gasteiger partial charge on any atom is 0.164 e. The Labute approximate surface area is 318 Å². The highest BCUT2D eigenvalue weighted by Gasteiger charge is 2.58. The molecular weight excluding hydrogens is 678 g/mol. The fourth-order valence-corrected chi connectivity index (χ4v) is 11.4. The van der Waals surface area contributed by atoms with Crippen LogP contribution in [-0.2, 0) is 9.98 Å². The zero-order valence-electron chi connectivity index (χ0n) is 30.9. The predicted molar refractivity (Wildman–Crippen MR) is 222 cm³/mol. The van der Waals surface area contributed by atoms with Gasteiger partial charge in [-0.15, -0.1) is 0 Å². The van der Waals surface area contributed by atoms with Crippen molar-refractivity contribution in [1.29, 1.82) is 0 Å². The summed E-state index contributed by atoms with van der Waals surface area (Å²) in [5.74, 6) is 4.97. The van der Waals surface area contributed by atoms with Crippen molar-refractivity contribution in [1.82, 2.24) is 15.0 Å². The van der Waals surface area contributed by atoms with Gasteiger partial charge in [-0.3, -0.25) is 0 Å². The van der Waals surface area contributed by atoms with Crippen LogP contribution in [0.25, 0.3) is 56.1 Å². The zero-order chi connectivity index (χ0) is 36.4. The molecule has 6 aromatic carbocycles. The van der Waals surface area contributed by atoms with Crippen LogP contribution in [0, 0.1) is 23.7 Å². The van der Waals surface area contributed by atoms with E-state index in [1.807, 2.05) is 31.5 Å². The number of rotatable bonds is 7. The Hall–Kier alpha value is -5.18. The smallest absolute Gasteiger partial charge is 0.164 e. The molecule has 0 saturated heterocycles. The Morgan fingerprint density at radius 1 is 0.463 bits per heavy atom. The molecule has 5 heteroatoms. The highest BCUT2D eigenvalue weighted by Crippen LogP contribution is 2.65. The van der Waals surface area contributed by atoms with Gasteiger partial charge in [-0.2, -0.15) is 0 Å². The van der Waals surface area contributed by atoms with Gasteiger partial charge in [-0.05, 0) is 108 Å². The standard InChI is InChI=1S/C49H44N3OP/c1-54(2,53)45-23-19-35(20-24-45)39-13-8-14-42(31-39)49(43-26-32-25-33(28-43)29-44(49)27-32)41-21-17-37(18-22-41)47-50-46(36-10-4-3-5-11-36)51-48(52-47)40-16-15-34-9-6-7-12-38(34)30-40/h3-24,30-33,43-44H,25-29H2,1-2H3. The molecule has 4 fully saturated rings. The molecule has 0 spiro atoms. The number of aromatic nitrogens is 3. The zero-order valence-corrected chi connectivity index (χ0v) is 31.8. The molecule has 4 saturated carbocycles. The fraction of sp³-hybridized carbons (Fsp3) is 0.245. The first-order chi connectivity index (χ1) is 26.3. The van der Waals surface area contributed by atoms with E-state index < -0.39 is 7.14 Å². The molecule has 1 heterocycles. The van der Waals surface area contributed by atoms with Gasteiger partial charge in [0.1, 0.15) is 7.14 Å². The Balaban J connectivity index is 1.07. The lowest BCUT2D eigenvalue weighted by molar-refractivity contribution is -0.0418. The van der Waals surface area contributed by atoms with Crippen molar-refractivity contribution < 1.29 is 4.57 Å². The third kappa shape index (κ3) is 5.74. The van der Waals surface area contributed by atoms with E-state index in [9.17, 15) is 4.57 Å². The molecule has 0 amide bonds. The van der Waals surface area contributed by atoms with E-state index >= 15 is 0 Å². The Morgan fingerprint density at radius 3 is 1.65 bits per heavy atom. The summed E-state index contributed by atoms with van der Waals surface area (Å²) in [6, 6.07) is 52.1. The number of hydrogen-bond donors (Lipinski definition) is 0. The summed E-state index contributed by atoms with van der Waals surface area (Å²) in [4.78, 5) is 15.2. The van der Waals surface area contributed by atoms with Crippen molar-refractivity contribution in [2.75, 3.05) is 13.3 Å². The van der Waals surface area contributed by atoms with Gasteiger partial charge in [-0.25, -0.2) is 15.0 Å². The van der Waals surface area contributed by atoms with Gasteiger partial charge in [0.05, 0.1) is 0 Å². The predicted octanol–water partition coefficient (Wildman–Crippen LogP) is 11.7. The van der Waals surface area contributed by atoms with Crippen molar-refractivity contribution >= 4 is 23.2 Å². The molecule has 0 radical (unpaired) electrons. The first-order valence-corrected chi connectivity index (χ1v) is 22.1. The third-order valence-corrected chi connectivity index (χ3v) is 14.4. The molecule has 0 atom stereocenters. The molecule has 4 nitrogen and oxygen atoms in total. The van der Waals surface area contributed by atoms with Gasteiger partial charge in [0.2, 0.25) is 0 Å². The second-order valence-corrected chi connectivity index (χ2v) is 19.7. The maximum absolute atomic E-state index is 12.8. The van der Waals surface area contributed by atoms with Crippen LogP contribution in [-0.4, -0.2) is 28.3 Å².